The van der Waals surface area contributed by atoms with Crippen LogP contribution < -0.4 is 0 Å². The second-order valence-corrected chi connectivity index (χ2v) is 7.32. The second kappa shape index (κ2) is 6.65. The molecule has 1 saturated heterocycles. The molecule has 130 valence electrons. The molecule has 0 radical (unpaired) electrons. The average Bonchev–Trinajstić information content (AvgIpc) is 2.84. The lowest BCUT2D eigenvalue weighted by Gasteiger charge is -2.39. The molecule has 4 nitrogen and oxygen atoms in total. The van der Waals surface area contributed by atoms with Crippen LogP contribution >= 0.6 is 0 Å². The Balaban J connectivity index is 1.83. The summed E-state index contributed by atoms with van der Waals surface area (Å²) in [5.74, 6) is -0.239. The Kier molecular flexibility index (Phi) is 4.74. The molecule has 0 bridgehead atoms. The summed E-state index contributed by atoms with van der Waals surface area (Å²) in [5, 5.41) is 14.3. The number of piperidine rings is 1. The van der Waals surface area contributed by atoms with Crippen LogP contribution in [0.15, 0.2) is 24.3 Å². The molecular weight excluding hydrogens is 305 g/mol. The van der Waals surface area contributed by atoms with Gasteiger partial charge in [-0.05, 0) is 57.5 Å². The van der Waals surface area contributed by atoms with E-state index in [9.17, 15) is 9.50 Å². The van der Waals surface area contributed by atoms with Gasteiger partial charge < -0.3 is 5.11 Å². The zero-order valence-electron chi connectivity index (χ0n) is 14.7. The van der Waals surface area contributed by atoms with Gasteiger partial charge in [-0.1, -0.05) is 6.92 Å². The Hall–Kier alpha value is -1.72. The summed E-state index contributed by atoms with van der Waals surface area (Å²) < 4.78 is 15.0. The fourth-order valence-electron chi connectivity index (χ4n) is 3.65. The maximum Gasteiger partial charge on any atom is 0.123 e. The smallest absolute Gasteiger partial charge is 0.123 e. The zero-order valence-corrected chi connectivity index (χ0v) is 14.7. The SMILES string of the molecule is Cc1nn(-c2ccc(F)cc2)c(C)c1CN1CCCC(C)(CO)C1. The molecule has 0 amide bonds. The van der Waals surface area contributed by atoms with Crippen LogP contribution in [0.5, 0.6) is 0 Å². The van der Waals surface area contributed by atoms with Gasteiger partial charge in [-0.2, -0.15) is 5.10 Å². The van der Waals surface area contributed by atoms with E-state index in [0.29, 0.717) is 0 Å². The van der Waals surface area contributed by atoms with Gasteiger partial charge in [-0.15, -0.1) is 0 Å². The number of hydrogen-bond acceptors (Lipinski definition) is 3. The molecule has 24 heavy (non-hydrogen) atoms. The van der Waals surface area contributed by atoms with E-state index >= 15 is 0 Å². The lowest BCUT2D eigenvalue weighted by atomic mass is 9.82. The summed E-state index contributed by atoms with van der Waals surface area (Å²) in [6, 6.07) is 6.43. The predicted octanol–water partition coefficient (Wildman–Crippen LogP) is 3.22. The molecule has 0 aliphatic carbocycles. The highest BCUT2D eigenvalue weighted by Crippen LogP contribution is 2.30. The third-order valence-corrected chi connectivity index (χ3v) is 5.14. The third-order valence-electron chi connectivity index (χ3n) is 5.14. The van der Waals surface area contributed by atoms with Crippen molar-refractivity contribution in [2.75, 3.05) is 19.7 Å². The van der Waals surface area contributed by atoms with E-state index < -0.39 is 0 Å². The molecule has 0 spiro atoms. The van der Waals surface area contributed by atoms with Crippen molar-refractivity contribution in [2.45, 2.75) is 40.2 Å². The Labute approximate surface area is 142 Å². The van der Waals surface area contributed by atoms with Gasteiger partial charge in [0, 0.05) is 36.4 Å². The molecule has 1 aromatic heterocycles. The second-order valence-electron chi connectivity index (χ2n) is 7.32. The number of aliphatic hydroxyl groups excluding tert-OH is 1. The zero-order chi connectivity index (χ0) is 17.3. The van der Waals surface area contributed by atoms with Crippen LogP contribution in [0.3, 0.4) is 0 Å². The summed E-state index contributed by atoms with van der Waals surface area (Å²) in [4.78, 5) is 2.41. The van der Waals surface area contributed by atoms with Gasteiger partial charge in [0.2, 0.25) is 0 Å². The molecule has 1 fully saturated rings. The minimum Gasteiger partial charge on any atom is -0.396 e. The lowest BCUT2D eigenvalue weighted by Crippen LogP contribution is -2.43. The molecule has 1 aromatic carbocycles. The highest BCUT2D eigenvalue weighted by Gasteiger charge is 2.31. The molecule has 1 unspecified atom stereocenters. The Morgan fingerprint density at radius 3 is 2.62 bits per heavy atom. The normalized spacial score (nSPS) is 22.0. The number of aromatic nitrogens is 2. The van der Waals surface area contributed by atoms with Crippen molar-refractivity contribution in [1.29, 1.82) is 0 Å². The van der Waals surface area contributed by atoms with Crippen molar-refractivity contribution in [3.63, 3.8) is 0 Å². The van der Waals surface area contributed by atoms with Crippen LogP contribution in [0, 0.1) is 25.1 Å². The summed E-state index contributed by atoms with van der Waals surface area (Å²) in [7, 11) is 0. The first-order chi connectivity index (χ1) is 11.4. The van der Waals surface area contributed by atoms with Crippen molar-refractivity contribution >= 4 is 0 Å². The quantitative estimate of drug-likeness (QED) is 0.935. The van der Waals surface area contributed by atoms with Gasteiger partial charge in [-0.25, -0.2) is 9.07 Å². The topological polar surface area (TPSA) is 41.3 Å². The Morgan fingerprint density at radius 1 is 1.25 bits per heavy atom. The van der Waals surface area contributed by atoms with Crippen LogP contribution in [0.1, 0.15) is 36.7 Å². The van der Waals surface area contributed by atoms with E-state index in [1.807, 2.05) is 11.6 Å². The highest BCUT2D eigenvalue weighted by molar-refractivity contribution is 5.37. The van der Waals surface area contributed by atoms with Crippen LogP contribution in [0.2, 0.25) is 0 Å². The lowest BCUT2D eigenvalue weighted by molar-refractivity contribution is 0.0427. The van der Waals surface area contributed by atoms with Gasteiger partial charge in [0.05, 0.1) is 11.4 Å². The minimum absolute atomic E-state index is 0.00693. The van der Waals surface area contributed by atoms with E-state index in [4.69, 9.17) is 0 Å². The number of halogens is 1. The van der Waals surface area contributed by atoms with Crippen LogP contribution in [-0.2, 0) is 6.54 Å². The van der Waals surface area contributed by atoms with Gasteiger partial charge >= 0.3 is 0 Å². The number of likely N-dealkylation sites (tertiary alicyclic amines) is 1. The molecule has 1 N–H and O–H groups in total. The number of nitrogens with zero attached hydrogens (tertiary/aromatic N) is 3. The fourth-order valence-corrected chi connectivity index (χ4v) is 3.65. The van der Waals surface area contributed by atoms with Crippen molar-refractivity contribution in [2.24, 2.45) is 5.41 Å². The number of hydrogen-bond donors (Lipinski definition) is 1. The van der Waals surface area contributed by atoms with E-state index in [0.717, 1.165) is 49.6 Å². The summed E-state index contributed by atoms with van der Waals surface area (Å²) in [5.41, 5.74) is 4.19. The standard InChI is InChI=1S/C19H26FN3O/c1-14-18(11-22-10-4-9-19(3,12-22)13-24)15(2)23(21-14)17-7-5-16(20)6-8-17/h5-8,24H,4,9-13H2,1-3H3. The summed E-state index contributed by atoms with van der Waals surface area (Å²) >= 11 is 0. The van der Waals surface area contributed by atoms with Crippen LogP contribution in [0.4, 0.5) is 4.39 Å². The molecule has 2 heterocycles. The van der Waals surface area contributed by atoms with Gasteiger partial charge in [-0.3, -0.25) is 4.90 Å². The third kappa shape index (κ3) is 3.37. The van der Waals surface area contributed by atoms with Crippen LogP contribution in [0.25, 0.3) is 5.69 Å². The Bertz CT molecular complexity index is 710. The summed E-state index contributed by atoms with van der Waals surface area (Å²) in [6.07, 6.45) is 2.19. The van der Waals surface area contributed by atoms with Crippen molar-refractivity contribution in [1.82, 2.24) is 14.7 Å². The van der Waals surface area contributed by atoms with Gasteiger partial charge in [0.15, 0.2) is 0 Å². The Morgan fingerprint density at radius 2 is 1.96 bits per heavy atom. The van der Waals surface area contributed by atoms with E-state index in [1.165, 1.54) is 17.7 Å². The van der Waals surface area contributed by atoms with E-state index in [2.05, 4.69) is 23.8 Å². The van der Waals surface area contributed by atoms with E-state index in [1.54, 1.807) is 12.1 Å². The van der Waals surface area contributed by atoms with Gasteiger partial charge in [0.25, 0.3) is 0 Å². The first-order valence-electron chi connectivity index (χ1n) is 8.56. The molecule has 3 rings (SSSR count). The van der Waals surface area contributed by atoms with Crippen molar-refractivity contribution < 1.29 is 9.50 Å². The van der Waals surface area contributed by atoms with Crippen molar-refractivity contribution in [3.8, 4) is 5.69 Å². The number of rotatable bonds is 4. The molecule has 0 saturated carbocycles. The van der Waals surface area contributed by atoms with Crippen LogP contribution in [-0.4, -0.2) is 39.5 Å². The first kappa shape index (κ1) is 17.1. The molecular formula is C19H26FN3O. The molecule has 1 aliphatic heterocycles. The largest absolute Gasteiger partial charge is 0.396 e. The summed E-state index contributed by atoms with van der Waals surface area (Å²) in [6.45, 7) is 9.28. The maximum atomic E-state index is 13.1. The number of aliphatic hydroxyl groups is 1. The highest BCUT2D eigenvalue weighted by atomic mass is 19.1. The van der Waals surface area contributed by atoms with Crippen molar-refractivity contribution in [3.05, 3.63) is 47.0 Å². The van der Waals surface area contributed by atoms with E-state index in [-0.39, 0.29) is 17.8 Å². The fraction of sp³-hybridized carbons (Fsp3) is 0.526. The molecule has 1 aliphatic rings. The molecule has 5 heteroatoms. The first-order valence-corrected chi connectivity index (χ1v) is 8.56. The van der Waals surface area contributed by atoms with Gasteiger partial charge in [0.1, 0.15) is 5.82 Å². The number of aryl methyl sites for hydroxylation is 1. The maximum absolute atomic E-state index is 13.1. The minimum atomic E-state index is -0.239. The number of benzene rings is 1. The monoisotopic (exact) mass is 331 g/mol. The molecule has 1 atom stereocenters. The molecule has 2 aromatic rings. The predicted molar refractivity (Wildman–Crippen MR) is 92.7 cm³/mol. The average molecular weight is 331 g/mol.